The van der Waals surface area contributed by atoms with Crippen LogP contribution in [0.4, 0.5) is 5.13 Å². The number of anilines is 1. The van der Waals surface area contributed by atoms with Crippen LogP contribution in [0.15, 0.2) is 53.5 Å². The molecule has 2 aromatic heterocycles. The number of rotatable bonds is 8. The predicted molar refractivity (Wildman–Crippen MR) is 114 cm³/mol. The lowest BCUT2D eigenvalue weighted by atomic mass is 10.2. The highest BCUT2D eigenvalue weighted by Crippen LogP contribution is 2.40. The fourth-order valence-corrected chi connectivity index (χ4v) is 4.41. The van der Waals surface area contributed by atoms with Gasteiger partial charge in [0.05, 0.1) is 10.9 Å². The predicted octanol–water partition coefficient (Wildman–Crippen LogP) is 4.58. The molecule has 3 aromatic rings. The van der Waals surface area contributed by atoms with Crippen LogP contribution in [0.25, 0.3) is 11.3 Å². The van der Waals surface area contributed by atoms with Crippen molar-refractivity contribution in [3.63, 3.8) is 0 Å². The quantitative estimate of drug-likeness (QED) is 0.434. The maximum Gasteiger partial charge on any atom is 0.239 e. The van der Waals surface area contributed by atoms with Gasteiger partial charge in [-0.2, -0.15) is 0 Å². The SMILES string of the molecule is C=CCn1c(SC(C)C(=O)Nc2nc(-c3ccccc3)cs2)nnc1C1CC1. The Hall–Kier alpha value is -2.45. The van der Waals surface area contributed by atoms with Crippen LogP contribution < -0.4 is 5.32 Å². The highest BCUT2D eigenvalue weighted by Gasteiger charge is 2.31. The minimum atomic E-state index is -0.316. The van der Waals surface area contributed by atoms with Gasteiger partial charge in [-0.25, -0.2) is 4.98 Å². The van der Waals surface area contributed by atoms with Gasteiger partial charge in [0.25, 0.3) is 0 Å². The van der Waals surface area contributed by atoms with Gasteiger partial charge in [-0.1, -0.05) is 48.2 Å². The second kappa shape index (κ2) is 8.28. The Morgan fingerprint density at radius 1 is 1.39 bits per heavy atom. The molecule has 4 rings (SSSR count). The molecule has 1 saturated carbocycles. The second-order valence-electron chi connectivity index (χ2n) is 6.67. The number of amides is 1. The molecule has 28 heavy (non-hydrogen) atoms. The van der Waals surface area contributed by atoms with Crippen molar-refractivity contribution >= 4 is 34.1 Å². The summed E-state index contributed by atoms with van der Waals surface area (Å²) in [7, 11) is 0. The summed E-state index contributed by atoms with van der Waals surface area (Å²) in [5.41, 5.74) is 1.90. The van der Waals surface area contributed by atoms with Crippen molar-refractivity contribution in [2.24, 2.45) is 0 Å². The van der Waals surface area contributed by atoms with Gasteiger partial charge < -0.3 is 9.88 Å². The van der Waals surface area contributed by atoms with Gasteiger partial charge in [-0.05, 0) is 19.8 Å². The van der Waals surface area contributed by atoms with E-state index in [1.165, 1.54) is 23.1 Å². The number of aromatic nitrogens is 4. The molecule has 1 fully saturated rings. The monoisotopic (exact) mass is 411 g/mol. The third kappa shape index (κ3) is 4.18. The summed E-state index contributed by atoms with van der Waals surface area (Å²) >= 11 is 2.84. The summed E-state index contributed by atoms with van der Waals surface area (Å²) in [6.07, 6.45) is 4.15. The number of allylic oxidation sites excluding steroid dienone is 1. The number of thiazole rings is 1. The van der Waals surface area contributed by atoms with Gasteiger partial charge in [0.2, 0.25) is 5.91 Å². The number of hydrogen-bond donors (Lipinski definition) is 1. The number of hydrogen-bond acceptors (Lipinski definition) is 6. The van der Waals surface area contributed by atoms with Gasteiger partial charge >= 0.3 is 0 Å². The zero-order chi connectivity index (χ0) is 19.5. The van der Waals surface area contributed by atoms with E-state index in [9.17, 15) is 4.79 Å². The molecule has 1 N–H and O–H groups in total. The van der Waals surface area contributed by atoms with Crippen LogP contribution in [0.3, 0.4) is 0 Å². The maximum absolute atomic E-state index is 12.6. The number of benzene rings is 1. The van der Waals surface area contributed by atoms with E-state index in [-0.39, 0.29) is 11.2 Å². The molecule has 0 spiro atoms. The summed E-state index contributed by atoms with van der Waals surface area (Å²) in [4.78, 5) is 17.2. The van der Waals surface area contributed by atoms with Crippen LogP contribution in [0.1, 0.15) is 31.5 Å². The lowest BCUT2D eigenvalue weighted by Gasteiger charge is -2.11. The Kier molecular flexibility index (Phi) is 5.59. The molecule has 0 radical (unpaired) electrons. The van der Waals surface area contributed by atoms with Crippen molar-refractivity contribution in [3.05, 3.63) is 54.2 Å². The van der Waals surface area contributed by atoms with E-state index in [0.717, 1.165) is 35.1 Å². The van der Waals surface area contributed by atoms with Gasteiger partial charge in [0.1, 0.15) is 5.82 Å². The topological polar surface area (TPSA) is 72.7 Å². The standard InChI is InChI=1S/C20H21N5OS2/c1-3-11-25-17(15-9-10-15)23-24-20(25)28-13(2)18(26)22-19-21-16(12-27-19)14-7-5-4-6-8-14/h3-8,12-13,15H,1,9-11H2,2H3,(H,21,22,26). The van der Waals surface area contributed by atoms with Crippen molar-refractivity contribution < 1.29 is 4.79 Å². The van der Waals surface area contributed by atoms with Crippen LogP contribution in [0, 0.1) is 0 Å². The van der Waals surface area contributed by atoms with Gasteiger partial charge in [-0.15, -0.1) is 28.1 Å². The van der Waals surface area contributed by atoms with E-state index in [1.807, 2.05) is 48.7 Å². The Balaban J connectivity index is 1.42. The number of carbonyl (C=O) groups is 1. The van der Waals surface area contributed by atoms with Crippen LogP contribution in [-0.2, 0) is 11.3 Å². The Bertz CT molecular complexity index is 978. The molecule has 1 aromatic carbocycles. The van der Waals surface area contributed by atoms with E-state index < -0.39 is 0 Å². The highest BCUT2D eigenvalue weighted by atomic mass is 32.2. The third-order valence-corrected chi connectivity index (χ3v) is 6.29. The summed E-state index contributed by atoms with van der Waals surface area (Å²) in [5.74, 6) is 1.40. The molecule has 1 unspecified atom stereocenters. The molecular weight excluding hydrogens is 390 g/mol. The fraction of sp³-hybridized carbons (Fsp3) is 0.300. The molecule has 1 atom stereocenters. The zero-order valence-electron chi connectivity index (χ0n) is 15.5. The molecule has 2 heterocycles. The van der Waals surface area contributed by atoms with E-state index in [0.29, 0.717) is 17.6 Å². The average molecular weight is 412 g/mol. The van der Waals surface area contributed by atoms with Crippen LogP contribution in [0.2, 0.25) is 0 Å². The summed E-state index contributed by atoms with van der Waals surface area (Å²) in [6.45, 7) is 6.35. The van der Waals surface area contributed by atoms with Crippen LogP contribution in [0.5, 0.6) is 0 Å². The van der Waals surface area contributed by atoms with Crippen LogP contribution >= 0.6 is 23.1 Å². The normalized spacial score (nSPS) is 14.6. The first-order valence-corrected chi connectivity index (χ1v) is 10.9. The first kappa shape index (κ1) is 18.9. The number of nitrogens with zero attached hydrogens (tertiary/aromatic N) is 4. The number of carbonyl (C=O) groups excluding carboxylic acids is 1. The Labute approximate surface area is 172 Å². The molecule has 1 aliphatic rings. The summed E-state index contributed by atoms with van der Waals surface area (Å²) in [5, 5.41) is 14.5. The lowest BCUT2D eigenvalue weighted by Crippen LogP contribution is -2.23. The zero-order valence-corrected chi connectivity index (χ0v) is 17.2. The van der Waals surface area contributed by atoms with Crippen molar-refractivity contribution in [1.82, 2.24) is 19.7 Å². The molecule has 1 amide bonds. The molecule has 0 aliphatic heterocycles. The third-order valence-electron chi connectivity index (χ3n) is 4.45. The Morgan fingerprint density at radius 3 is 2.89 bits per heavy atom. The van der Waals surface area contributed by atoms with Crippen molar-refractivity contribution in [1.29, 1.82) is 0 Å². The van der Waals surface area contributed by atoms with E-state index >= 15 is 0 Å². The van der Waals surface area contributed by atoms with Crippen molar-refractivity contribution in [2.75, 3.05) is 5.32 Å². The number of nitrogens with one attached hydrogen (secondary N) is 1. The van der Waals surface area contributed by atoms with E-state index in [4.69, 9.17) is 0 Å². The van der Waals surface area contributed by atoms with Crippen molar-refractivity contribution in [2.45, 2.75) is 42.6 Å². The molecule has 8 heteroatoms. The molecule has 0 bridgehead atoms. The number of thioether (sulfide) groups is 1. The minimum Gasteiger partial charge on any atom is -0.302 e. The van der Waals surface area contributed by atoms with E-state index in [2.05, 4.69) is 31.6 Å². The lowest BCUT2D eigenvalue weighted by molar-refractivity contribution is -0.115. The van der Waals surface area contributed by atoms with E-state index in [1.54, 1.807) is 0 Å². The largest absolute Gasteiger partial charge is 0.302 e. The molecule has 144 valence electrons. The average Bonchev–Trinajstić information content (AvgIpc) is 3.32. The summed E-state index contributed by atoms with van der Waals surface area (Å²) in [6, 6.07) is 9.92. The van der Waals surface area contributed by atoms with Gasteiger partial charge in [-0.3, -0.25) is 4.79 Å². The van der Waals surface area contributed by atoms with Gasteiger partial charge in [0, 0.05) is 23.4 Å². The highest BCUT2D eigenvalue weighted by molar-refractivity contribution is 8.00. The molecule has 1 aliphatic carbocycles. The second-order valence-corrected chi connectivity index (χ2v) is 8.83. The van der Waals surface area contributed by atoms with Crippen LogP contribution in [-0.4, -0.2) is 30.9 Å². The first-order valence-electron chi connectivity index (χ1n) is 9.18. The van der Waals surface area contributed by atoms with Crippen molar-refractivity contribution in [3.8, 4) is 11.3 Å². The summed E-state index contributed by atoms with van der Waals surface area (Å²) < 4.78 is 2.07. The Morgan fingerprint density at radius 2 is 2.18 bits per heavy atom. The molecule has 0 saturated heterocycles. The van der Waals surface area contributed by atoms with Gasteiger partial charge in [0.15, 0.2) is 10.3 Å². The molecular formula is C20H21N5OS2. The fourth-order valence-electron chi connectivity index (χ4n) is 2.82. The first-order chi connectivity index (χ1) is 13.7. The smallest absolute Gasteiger partial charge is 0.239 e. The molecule has 6 nitrogen and oxygen atoms in total. The maximum atomic E-state index is 12.6. The minimum absolute atomic E-state index is 0.0971.